The number of carbonyl (C=O) groups is 1. The predicted molar refractivity (Wildman–Crippen MR) is 95.5 cm³/mol. The highest BCUT2D eigenvalue weighted by Crippen LogP contribution is 2.30. The average molecular weight is 366 g/mol. The van der Waals surface area contributed by atoms with Gasteiger partial charge in [0.2, 0.25) is 5.91 Å². The van der Waals surface area contributed by atoms with Crippen molar-refractivity contribution in [2.75, 3.05) is 12.4 Å². The molecule has 3 N–H and O–H groups in total. The Hall–Kier alpha value is -1.79. The van der Waals surface area contributed by atoms with E-state index in [9.17, 15) is 4.79 Å². The highest BCUT2D eigenvalue weighted by molar-refractivity contribution is 6.31. The van der Waals surface area contributed by atoms with Crippen molar-refractivity contribution in [1.82, 2.24) is 10.9 Å². The van der Waals surface area contributed by atoms with E-state index in [1.807, 2.05) is 24.3 Å². The molecule has 1 fully saturated rings. The van der Waals surface area contributed by atoms with Crippen LogP contribution >= 0.6 is 23.2 Å². The Kier molecular flexibility index (Phi) is 5.26. The molecule has 1 aliphatic rings. The predicted octanol–water partition coefficient (Wildman–Crippen LogP) is 3.55. The first-order valence-electron chi connectivity index (χ1n) is 7.48. The normalized spacial score (nSPS) is 20.0. The summed E-state index contributed by atoms with van der Waals surface area (Å²) < 4.78 is 5.24. The number of amides is 1. The summed E-state index contributed by atoms with van der Waals surface area (Å²) in [6, 6.07) is 12.2. The van der Waals surface area contributed by atoms with Gasteiger partial charge in [0, 0.05) is 16.1 Å². The van der Waals surface area contributed by atoms with E-state index in [0.29, 0.717) is 27.9 Å². The minimum atomic E-state index is -0.394. The average Bonchev–Trinajstić information content (AvgIpc) is 3.05. The molecule has 1 amide bonds. The molecule has 0 aliphatic carbocycles. The first-order chi connectivity index (χ1) is 11.6. The van der Waals surface area contributed by atoms with Crippen molar-refractivity contribution >= 4 is 34.8 Å². The van der Waals surface area contributed by atoms with Gasteiger partial charge in [0.1, 0.15) is 11.8 Å². The topological polar surface area (TPSA) is 62.4 Å². The van der Waals surface area contributed by atoms with Crippen LogP contribution in [0.5, 0.6) is 5.75 Å². The number of anilines is 1. The van der Waals surface area contributed by atoms with Crippen molar-refractivity contribution in [1.29, 1.82) is 0 Å². The summed E-state index contributed by atoms with van der Waals surface area (Å²) in [6.07, 6.45) is 0.582. The number of benzene rings is 2. The molecule has 1 aliphatic heterocycles. The van der Waals surface area contributed by atoms with Crippen LogP contribution in [-0.2, 0) is 4.79 Å². The molecule has 7 heteroatoms. The largest absolute Gasteiger partial charge is 0.495 e. The van der Waals surface area contributed by atoms with Crippen molar-refractivity contribution in [3.63, 3.8) is 0 Å². The number of methoxy groups -OCH3 is 1. The second-order valence-electron chi connectivity index (χ2n) is 5.48. The van der Waals surface area contributed by atoms with Crippen LogP contribution in [0.2, 0.25) is 10.0 Å². The van der Waals surface area contributed by atoms with Crippen molar-refractivity contribution in [2.24, 2.45) is 0 Å². The SMILES string of the molecule is COc1ccc(Cl)cc1NC(=O)C1CC(c2ccccc2Cl)NN1. The lowest BCUT2D eigenvalue weighted by Gasteiger charge is -2.14. The van der Waals surface area contributed by atoms with Gasteiger partial charge in [0.15, 0.2) is 0 Å². The Morgan fingerprint density at radius 1 is 1.21 bits per heavy atom. The van der Waals surface area contributed by atoms with Crippen molar-refractivity contribution in [2.45, 2.75) is 18.5 Å². The highest BCUT2D eigenvalue weighted by atomic mass is 35.5. The van der Waals surface area contributed by atoms with Crippen molar-refractivity contribution < 1.29 is 9.53 Å². The smallest absolute Gasteiger partial charge is 0.243 e. The highest BCUT2D eigenvalue weighted by Gasteiger charge is 2.31. The summed E-state index contributed by atoms with van der Waals surface area (Å²) in [7, 11) is 1.54. The number of ether oxygens (including phenoxy) is 1. The molecule has 2 unspecified atom stereocenters. The third kappa shape index (κ3) is 3.65. The molecule has 0 radical (unpaired) electrons. The molecule has 0 bridgehead atoms. The van der Waals surface area contributed by atoms with E-state index in [1.165, 1.54) is 0 Å². The van der Waals surface area contributed by atoms with Crippen molar-refractivity contribution in [3.05, 3.63) is 58.1 Å². The summed E-state index contributed by atoms with van der Waals surface area (Å²) in [4.78, 5) is 12.5. The zero-order chi connectivity index (χ0) is 17.1. The molecular weight excluding hydrogens is 349 g/mol. The molecule has 1 heterocycles. The van der Waals surface area contributed by atoms with Gasteiger partial charge in [-0.15, -0.1) is 0 Å². The van der Waals surface area contributed by atoms with Gasteiger partial charge < -0.3 is 10.1 Å². The van der Waals surface area contributed by atoms with Gasteiger partial charge in [0.05, 0.1) is 12.8 Å². The molecule has 0 saturated carbocycles. The van der Waals surface area contributed by atoms with Crippen molar-refractivity contribution in [3.8, 4) is 5.75 Å². The lowest BCUT2D eigenvalue weighted by atomic mass is 10.0. The van der Waals surface area contributed by atoms with Gasteiger partial charge in [-0.05, 0) is 36.2 Å². The number of hydrogen-bond donors (Lipinski definition) is 3. The molecule has 3 rings (SSSR count). The zero-order valence-corrected chi connectivity index (χ0v) is 14.5. The van der Waals surface area contributed by atoms with Gasteiger partial charge in [0.25, 0.3) is 0 Å². The number of nitrogens with one attached hydrogen (secondary N) is 3. The Labute approximate surface area is 150 Å². The van der Waals surface area contributed by atoms with E-state index in [-0.39, 0.29) is 11.9 Å². The summed E-state index contributed by atoms with van der Waals surface area (Å²) in [5, 5.41) is 4.05. The summed E-state index contributed by atoms with van der Waals surface area (Å²) in [5.74, 6) is 0.388. The third-order valence-electron chi connectivity index (χ3n) is 3.92. The third-order valence-corrected chi connectivity index (χ3v) is 4.50. The maximum Gasteiger partial charge on any atom is 0.243 e. The molecule has 2 aromatic rings. The van der Waals surface area contributed by atoms with Crippen LogP contribution in [0.15, 0.2) is 42.5 Å². The van der Waals surface area contributed by atoms with Gasteiger partial charge in [-0.3, -0.25) is 4.79 Å². The zero-order valence-electron chi connectivity index (χ0n) is 13.0. The summed E-state index contributed by atoms with van der Waals surface area (Å²) >= 11 is 12.2. The maximum atomic E-state index is 12.5. The van der Waals surface area contributed by atoms with Crippen LogP contribution in [0.25, 0.3) is 0 Å². The summed E-state index contributed by atoms with van der Waals surface area (Å²) in [6.45, 7) is 0. The van der Waals surface area contributed by atoms with E-state index in [2.05, 4.69) is 16.2 Å². The first kappa shape index (κ1) is 17.0. The number of hydrogen-bond acceptors (Lipinski definition) is 4. The fourth-order valence-electron chi connectivity index (χ4n) is 2.69. The Morgan fingerprint density at radius 2 is 2.00 bits per heavy atom. The monoisotopic (exact) mass is 365 g/mol. The molecule has 2 atom stereocenters. The lowest BCUT2D eigenvalue weighted by Crippen LogP contribution is -2.39. The van der Waals surface area contributed by atoms with E-state index in [4.69, 9.17) is 27.9 Å². The quantitative estimate of drug-likeness (QED) is 0.775. The Morgan fingerprint density at radius 3 is 2.75 bits per heavy atom. The van der Waals surface area contributed by atoms with Crippen LogP contribution in [0.3, 0.4) is 0 Å². The maximum absolute atomic E-state index is 12.5. The van der Waals surface area contributed by atoms with Crippen LogP contribution in [0, 0.1) is 0 Å². The van der Waals surface area contributed by atoms with E-state index in [0.717, 1.165) is 5.56 Å². The molecule has 0 spiro atoms. The van der Waals surface area contributed by atoms with E-state index < -0.39 is 6.04 Å². The minimum absolute atomic E-state index is 0.0318. The van der Waals surface area contributed by atoms with Crippen LogP contribution < -0.4 is 20.9 Å². The number of hydrazine groups is 1. The molecule has 1 saturated heterocycles. The number of rotatable bonds is 4. The fourth-order valence-corrected chi connectivity index (χ4v) is 3.13. The van der Waals surface area contributed by atoms with E-state index >= 15 is 0 Å². The molecule has 126 valence electrons. The molecular formula is C17H17Cl2N3O2. The molecule has 5 nitrogen and oxygen atoms in total. The standard InChI is InChI=1S/C17H17Cl2N3O2/c1-24-16-7-6-10(18)8-14(16)20-17(23)15-9-13(21-22-15)11-4-2-3-5-12(11)19/h2-8,13,15,21-22H,9H2,1H3,(H,20,23). The van der Waals surface area contributed by atoms with E-state index in [1.54, 1.807) is 25.3 Å². The van der Waals surface area contributed by atoms with Gasteiger partial charge in [-0.2, -0.15) is 0 Å². The van der Waals surface area contributed by atoms with Gasteiger partial charge in [-0.25, -0.2) is 10.9 Å². The fraction of sp³-hybridized carbons (Fsp3) is 0.235. The molecule has 2 aromatic carbocycles. The number of halogens is 2. The van der Waals surface area contributed by atoms with Gasteiger partial charge >= 0.3 is 0 Å². The number of carbonyl (C=O) groups excluding carboxylic acids is 1. The van der Waals surface area contributed by atoms with Crippen LogP contribution in [0.1, 0.15) is 18.0 Å². The minimum Gasteiger partial charge on any atom is -0.495 e. The lowest BCUT2D eigenvalue weighted by molar-refractivity contribution is -0.117. The second-order valence-corrected chi connectivity index (χ2v) is 6.33. The molecule has 24 heavy (non-hydrogen) atoms. The Bertz CT molecular complexity index is 754. The first-order valence-corrected chi connectivity index (χ1v) is 8.24. The second kappa shape index (κ2) is 7.40. The molecule has 0 aromatic heterocycles. The Balaban J connectivity index is 1.69. The van der Waals surface area contributed by atoms with Crippen LogP contribution in [-0.4, -0.2) is 19.1 Å². The summed E-state index contributed by atoms with van der Waals surface area (Å²) in [5.41, 5.74) is 7.63. The van der Waals surface area contributed by atoms with Crippen LogP contribution in [0.4, 0.5) is 5.69 Å². The van der Waals surface area contributed by atoms with Gasteiger partial charge in [-0.1, -0.05) is 41.4 Å².